The topological polar surface area (TPSA) is 49.4 Å². The Labute approximate surface area is 215 Å². The Hall–Kier alpha value is -1.40. The van der Waals surface area contributed by atoms with Crippen molar-refractivity contribution >= 4 is 58.4 Å². The molecule has 1 atom stereocenters. The van der Waals surface area contributed by atoms with Crippen molar-refractivity contribution < 1.29 is 9.59 Å². The third-order valence-electron chi connectivity index (χ3n) is 5.86. The Morgan fingerprint density at radius 2 is 1.67 bits per heavy atom. The number of thioether (sulfide) groups is 1. The highest BCUT2D eigenvalue weighted by Gasteiger charge is 2.28. The lowest BCUT2D eigenvalue weighted by atomic mass is 9.95. The molecule has 0 bridgehead atoms. The van der Waals surface area contributed by atoms with Gasteiger partial charge in [0.2, 0.25) is 11.8 Å². The van der Waals surface area contributed by atoms with E-state index in [1.807, 2.05) is 30.3 Å². The molecule has 1 aliphatic rings. The third-order valence-corrected chi connectivity index (χ3v) is 7.84. The Balaban J connectivity index is 1.67. The van der Waals surface area contributed by atoms with E-state index in [-0.39, 0.29) is 30.2 Å². The van der Waals surface area contributed by atoms with Crippen molar-refractivity contribution in [3.05, 3.63) is 68.7 Å². The number of halogens is 3. The molecular formula is C25H29Cl3N2O2S. The zero-order chi connectivity index (χ0) is 23.8. The van der Waals surface area contributed by atoms with E-state index >= 15 is 0 Å². The standard InChI is InChI=1S/C25H29Cl3N2O2S/c1-17(25(32)29-21-5-3-2-4-6-21)30(14-19-9-12-22(27)23(28)13-19)24(31)16-33-15-18-7-10-20(26)11-8-18/h7-13,17,21H,2-6,14-16H2,1H3,(H,29,32)/t17-/m0/s1. The Kier molecular flexibility index (Phi) is 10.2. The van der Waals surface area contributed by atoms with Crippen molar-refractivity contribution in [2.45, 2.75) is 63.4 Å². The van der Waals surface area contributed by atoms with Crippen LogP contribution in [-0.4, -0.2) is 34.6 Å². The second kappa shape index (κ2) is 12.9. The molecule has 33 heavy (non-hydrogen) atoms. The number of carbonyl (C=O) groups is 2. The summed E-state index contributed by atoms with van der Waals surface area (Å²) in [6.45, 7) is 2.08. The van der Waals surface area contributed by atoms with E-state index in [0.29, 0.717) is 20.8 Å². The van der Waals surface area contributed by atoms with Crippen molar-refractivity contribution in [3.63, 3.8) is 0 Å². The van der Waals surface area contributed by atoms with Crippen molar-refractivity contribution in [1.29, 1.82) is 0 Å². The van der Waals surface area contributed by atoms with E-state index in [4.69, 9.17) is 34.8 Å². The van der Waals surface area contributed by atoms with Crippen LogP contribution in [0.25, 0.3) is 0 Å². The van der Waals surface area contributed by atoms with Gasteiger partial charge in [0.1, 0.15) is 6.04 Å². The first kappa shape index (κ1) is 26.2. The van der Waals surface area contributed by atoms with Crippen LogP contribution in [0.5, 0.6) is 0 Å². The van der Waals surface area contributed by atoms with Crippen LogP contribution >= 0.6 is 46.6 Å². The van der Waals surface area contributed by atoms with Gasteiger partial charge in [-0.05, 0) is 55.2 Å². The highest BCUT2D eigenvalue weighted by atomic mass is 35.5. The van der Waals surface area contributed by atoms with E-state index in [2.05, 4.69) is 5.32 Å². The summed E-state index contributed by atoms with van der Waals surface area (Å²) in [5.74, 6) is 0.751. The van der Waals surface area contributed by atoms with Gasteiger partial charge >= 0.3 is 0 Å². The smallest absolute Gasteiger partial charge is 0.242 e. The summed E-state index contributed by atoms with van der Waals surface area (Å²) >= 11 is 19.7. The molecule has 1 saturated carbocycles. The Morgan fingerprint density at radius 3 is 2.33 bits per heavy atom. The molecule has 3 rings (SSSR count). The minimum atomic E-state index is -0.593. The van der Waals surface area contributed by atoms with Crippen LogP contribution in [0.3, 0.4) is 0 Å². The molecule has 1 aliphatic carbocycles. The first-order valence-corrected chi connectivity index (χ1v) is 13.5. The summed E-state index contributed by atoms with van der Waals surface area (Å²) < 4.78 is 0. The van der Waals surface area contributed by atoms with E-state index in [0.717, 1.165) is 36.8 Å². The van der Waals surface area contributed by atoms with Gasteiger partial charge in [-0.15, -0.1) is 11.8 Å². The second-order valence-electron chi connectivity index (χ2n) is 8.41. The van der Waals surface area contributed by atoms with Gasteiger partial charge in [-0.3, -0.25) is 9.59 Å². The Bertz CT molecular complexity index is 949. The maximum atomic E-state index is 13.2. The number of benzene rings is 2. The molecule has 178 valence electrons. The molecule has 2 aromatic carbocycles. The predicted molar refractivity (Wildman–Crippen MR) is 139 cm³/mol. The highest BCUT2D eigenvalue weighted by molar-refractivity contribution is 7.99. The number of nitrogens with zero attached hydrogens (tertiary/aromatic N) is 1. The molecule has 0 radical (unpaired) electrons. The van der Waals surface area contributed by atoms with Crippen LogP contribution < -0.4 is 5.32 Å². The lowest BCUT2D eigenvalue weighted by Gasteiger charge is -2.31. The van der Waals surface area contributed by atoms with Crippen molar-refractivity contribution in [3.8, 4) is 0 Å². The summed E-state index contributed by atoms with van der Waals surface area (Å²) in [5, 5.41) is 4.72. The van der Waals surface area contributed by atoms with Gasteiger partial charge in [-0.25, -0.2) is 0 Å². The van der Waals surface area contributed by atoms with E-state index in [1.54, 1.807) is 24.0 Å². The Morgan fingerprint density at radius 1 is 1.00 bits per heavy atom. The summed E-state index contributed by atoms with van der Waals surface area (Å²) in [7, 11) is 0. The zero-order valence-electron chi connectivity index (χ0n) is 18.7. The maximum Gasteiger partial charge on any atom is 0.242 e. The van der Waals surface area contributed by atoms with E-state index < -0.39 is 6.04 Å². The minimum Gasteiger partial charge on any atom is -0.352 e. The summed E-state index contributed by atoms with van der Waals surface area (Å²) in [5.41, 5.74) is 1.93. The van der Waals surface area contributed by atoms with Crippen LogP contribution in [0.4, 0.5) is 0 Å². The maximum absolute atomic E-state index is 13.2. The van der Waals surface area contributed by atoms with Gasteiger partial charge in [0.15, 0.2) is 0 Å². The normalized spacial score (nSPS) is 15.2. The zero-order valence-corrected chi connectivity index (χ0v) is 21.7. The van der Waals surface area contributed by atoms with Crippen LogP contribution in [-0.2, 0) is 21.9 Å². The van der Waals surface area contributed by atoms with Crippen LogP contribution in [0.1, 0.15) is 50.2 Å². The van der Waals surface area contributed by atoms with Crippen molar-refractivity contribution in [2.24, 2.45) is 0 Å². The summed E-state index contributed by atoms with van der Waals surface area (Å²) in [6.07, 6.45) is 5.47. The third kappa shape index (κ3) is 8.10. The summed E-state index contributed by atoms with van der Waals surface area (Å²) in [6, 6.07) is 12.5. The molecule has 8 heteroatoms. The van der Waals surface area contributed by atoms with E-state index in [1.165, 1.54) is 18.2 Å². The predicted octanol–water partition coefficient (Wildman–Crippen LogP) is 6.75. The summed E-state index contributed by atoms with van der Waals surface area (Å²) in [4.78, 5) is 27.9. The average Bonchev–Trinajstić information content (AvgIpc) is 2.81. The minimum absolute atomic E-state index is 0.0914. The van der Waals surface area contributed by atoms with Gasteiger partial charge in [-0.1, -0.05) is 72.3 Å². The number of hydrogen-bond donors (Lipinski definition) is 1. The molecule has 0 aliphatic heterocycles. The monoisotopic (exact) mass is 526 g/mol. The molecular weight excluding hydrogens is 499 g/mol. The van der Waals surface area contributed by atoms with Crippen molar-refractivity contribution in [2.75, 3.05) is 5.75 Å². The van der Waals surface area contributed by atoms with E-state index in [9.17, 15) is 9.59 Å². The average molecular weight is 528 g/mol. The molecule has 1 N–H and O–H groups in total. The van der Waals surface area contributed by atoms with Gasteiger partial charge < -0.3 is 10.2 Å². The fourth-order valence-corrected chi connectivity index (χ4v) is 5.22. The fraction of sp³-hybridized carbons (Fsp3) is 0.440. The highest BCUT2D eigenvalue weighted by Crippen LogP contribution is 2.25. The molecule has 0 heterocycles. The molecule has 0 spiro atoms. The van der Waals surface area contributed by atoms with Gasteiger partial charge in [0.05, 0.1) is 15.8 Å². The van der Waals surface area contributed by atoms with Crippen LogP contribution in [0, 0.1) is 0 Å². The lowest BCUT2D eigenvalue weighted by Crippen LogP contribution is -2.50. The number of rotatable bonds is 9. The molecule has 1 fully saturated rings. The fourth-order valence-electron chi connectivity index (χ4n) is 3.91. The SMILES string of the molecule is C[C@@H](C(=O)NC1CCCCC1)N(Cc1ccc(Cl)c(Cl)c1)C(=O)CSCc1ccc(Cl)cc1. The number of hydrogen-bond acceptors (Lipinski definition) is 3. The van der Waals surface area contributed by atoms with Gasteiger partial charge in [0, 0.05) is 23.4 Å². The molecule has 2 aromatic rings. The van der Waals surface area contributed by atoms with Crippen LogP contribution in [0.2, 0.25) is 15.1 Å². The molecule has 4 nitrogen and oxygen atoms in total. The lowest BCUT2D eigenvalue weighted by molar-refractivity contribution is -0.139. The number of carbonyl (C=O) groups excluding carboxylic acids is 2. The largest absolute Gasteiger partial charge is 0.352 e. The molecule has 0 unspecified atom stereocenters. The number of amides is 2. The van der Waals surface area contributed by atoms with Crippen LogP contribution in [0.15, 0.2) is 42.5 Å². The molecule has 0 saturated heterocycles. The number of nitrogens with one attached hydrogen (secondary N) is 1. The molecule has 0 aromatic heterocycles. The quantitative estimate of drug-likeness (QED) is 0.392. The molecule has 2 amide bonds. The van der Waals surface area contributed by atoms with Gasteiger partial charge in [0.25, 0.3) is 0 Å². The van der Waals surface area contributed by atoms with Gasteiger partial charge in [-0.2, -0.15) is 0 Å². The van der Waals surface area contributed by atoms with Crippen molar-refractivity contribution in [1.82, 2.24) is 10.2 Å². The second-order valence-corrected chi connectivity index (χ2v) is 10.6. The first-order valence-electron chi connectivity index (χ1n) is 11.2. The first-order chi connectivity index (χ1) is 15.8.